The van der Waals surface area contributed by atoms with Crippen molar-refractivity contribution in [3.63, 3.8) is 0 Å². The van der Waals surface area contributed by atoms with Gasteiger partial charge in [-0.15, -0.1) is 0 Å². The summed E-state index contributed by atoms with van der Waals surface area (Å²) in [6.07, 6.45) is 1.08. The molecule has 0 bridgehead atoms. The lowest BCUT2D eigenvalue weighted by atomic mass is 9.97. The Balaban J connectivity index is 1.35. The Morgan fingerprint density at radius 3 is 2.27 bits per heavy atom. The Labute approximate surface area is 180 Å². The van der Waals surface area contributed by atoms with Gasteiger partial charge in [-0.3, -0.25) is 9.59 Å². The highest BCUT2D eigenvalue weighted by atomic mass is 35.5. The third-order valence-electron chi connectivity index (χ3n) is 4.98. The summed E-state index contributed by atoms with van der Waals surface area (Å²) in [6.45, 7) is 1.67. The molecule has 0 radical (unpaired) electrons. The van der Waals surface area contributed by atoms with E-state index in [1.165, 1.54) is 0 Å². The van der Waals surface area contributed by atoms with Gasteiger partial charge < -0.3 is 20.3 Å². The van der Waals surface area contributed by atoms with Gasteiger partial charge in [-0.05, 0) is 42.5 Å². The van der Waals surface area contributed by atoms with Gasteiger partial charge in [0.05, 0.1) is 0 Å². The number of benzene rings is 2. The summed E-state index contributed by atoms with van der Waals surface area (Å²) in [5.74, 6) is -0.655. The molecule has 1 fully saturated rings. The van der Waals surface area contributed by atoms with E-state index in [-0.39, 0.29) is 18.6 Å². The lowest BCUT2D eigenvalue weighted by Crippen LogP contribution is -2.45. The van der Waals surface area contributed by atoms with Gasteiger partial charge in [0.25, 0.3) is 0 Å². The van der Waals surface area contributed by atoms with Gasteiger partial charge in [-0.2, -0.15) is 0 Å². The molecule has 1 heterocycles. The zero-order valence-corrected chi connectivity index (χ0v) is 17.2. The van der Waals surface area contributed by atoms with Crippen molar-refractivity contribution < 1.29 is 19.1 Å². The van der Waals surface area contributed by atoms with Crippen LogP contribution >= 0.6 is 11.6 Å². The number of ether oxygens (including phenoxy) is 1. The maximum absolute atomic E-state index is 12.2. The Morgan fingerprint density at radius 1 is 0.933 bits per heavy atom. The molecule has 0 spiro atoms. The Bertz CT molecular complexity index is 883. The number of hydrogen-bond donors (Lipinski definition) is 2. The lowest BCUT2D eigenvalue weighted by Gasteiger charge is -2.31. The van der Waals surface area contributed by atoms with Crippen molar-refractivity contribution in [3.8, 4) is 5.75 Å². The minimum atomic E-state index is -0.696. The molecule has 1 aliphatic rings. The van der Waals surface area contributed by atoms with E-state index in [1.807, 2.05) is 24.3 Å². The van der Waals surface area contributed by atoms with Crippen LogP contribution in [0.1, 0.15) is 18.4 Å². The number of nitrogens with one attached hydrogen (secondary N) is 2. The summed E-state index contributed by atoms with van der Waals surface area (Å²) < 4.78 is 5.35. The van der Waals surface area contributed by atoms with Crippen LogP contribution in [0.25, 0.3) is 0 Å². The SMILES string of the molecule is O=C(NCc1ccccc1Cl)C(=O)NCC1CCN(C(=O)Oc2ccccc2)CC1. The fourth-order valence-electron chi connectivity index (χ4n) is 3.19. The molecule has 7 nitrogen and oxygen atoms in total. The fourth-order valence-corrected chi connectivity index (χ4v) is 3.39. The van der Waals surface area contributed by atoms with Gasteiger partial charge in [-0.1, -0.05) is 48.0 Å². The topological polar surface area (TPSA) is 87.7 Å². The minimum Gasteiger partial charge on any atom is -0.410 e. The van der Waals surface area contributed by atoms with Crippen LogP contribution in [0.3, 0.4) is 0 Å². The third kappa shape index (κ3) is 6.22. The quantitative estimate of drug-likeness (QED) is 0.715. The standard InChI is InChI=1S/C22H24ClN3O4/c23-19-9-5-4-6-17(19)15-25-21(28)20(27)24-14-16-10-12-26(13-11-16)22(29)30-18-7-2-1-3-8-18/h1-9,16H,10-15H2,(H,24,27)(H,25,28). The molecule has 8 heteroatoms. The summed E-state index contributed by atoms with van der Waals surface area (Å²) in [6, 6.07) is 16.1. The molecule has 0 atom stereocenters. The number of carbonyl (C=O) groups is 3. The maximum Gasteiger partial charge on any atom is 0.415 e. The smallest absolute Gasteiger partial charge is 0.410 e. The summed E-state index contributed by atoms with van der Waals surface area (Å²) in [7, 11) is 0. The highest BCUT2D eigenvalue weighted by Crippen LogP contribution is 2.18. The van der Waals surface area contributed by atoms with Crippen LogP contribution in [0.4, 0.5) is 4.79 Å². The first kappa shape index (κ1) is 21.6. The molecule has 3 rings (SSSR count). The summed E-state index contributed by atoms with van der Waals surface area (Å²) in [5.41, 5.74) is 0.745. The zero-order valence-electron chi connectivity index (χ0n) is 16.5. The Morgan fingerprint density at radius 2 is 1.57 bits per heavy atom. The molecule has 0 saturated carbocycles. The van der Waals surface area contributed by atoms with Crippen LogP contribution in [-0.4, -0.2) is 42.4 Å². The summed E-state index contributed by atoms with van der Waals surface area (Å²) >= 11 is 6.04. The Kier molecular flexibility index (Phi) is 7.68. The van der Waals surface area contributed by atoms with Crippen LogP contribution in [0.15, 0.2) is 54.6 Å². The molecule has 0 aliphatic carbocycles. The van der Waals surface area contributed by atoms with Crippen LogP contribution in [0.5, 0.6) is 5.75 Å². The molecule has 1 saturated heterocycles. The molecule has 1 aliphatic heterocycles. The van der Waals surface area contributed by atoms with Crippen LogP contribution < -0.4 is 15.4 Å². The van der Waals surface area contributed by atoms with Gasteiger partial charge in [0.1, 0.15) is 5.75 Å². The minimum absolute atomic E-state index is 0.188. The highest BCUT2D eigenvalue weighted by molar-refractivity contribution is 6.35. The Hall–Kier alpha value is -3.06. The molecule has 2 N–H and O–H groups in total. The van der Waals surface area contributed by atoms with Gasteiger partial charge in [-0.25, -0.2) is 4.79 Å². The average Bonchev–Trinajstić information content (AvgIpc) is 2.77. The normalized spacial score (nSPS) is 14.1. The van der Waals surface area contributed by atoms with Crippen LogP contribution in [-0.2, 0) is 16.1 Å². The number of piperidine rings is 1. The highest BCUT2D eigenvalue weighted by Gasteiger charge is 2.25. The number of carbonyl (C=O) groups excluding carboxylic acids is 3. The monoisotopic (exact) mass is 429 g/mol. The number of nitrogens with zero attached hydrogens (tertiary/aromatic N) is 1. The van der Waals surface area contributed by atoms with Crippen molar-refractivity contribution in [2.75, 3.05) is 19.6 Å². The zero-order chi connectivity index (χ0) is 21.3. The molecule has 30 heavy (non-hydrogen) atoms. The van der Waals surface area contributed by atoms with E-state index in [0.717, 1.165) is 18.4 Å². The second-order valence-electron chi connectivity index (χ2n) is 7.10. The lowest BCUT2D eigenvalue weighted by molar-refractivity contribution is -0.139. The summed E-state index contributed by atoms with van der Waals surface area (Å²) in [4.78, 5) is 37.9. The first-order valence-corrected chi connectivity index (χ1v) is 10.2. The maximum atomic E-state index is 12.2. The van der Waals surface area contributed by atoms with E-state index in [1.54, 1.807) is 35.2 Å². The predicted molar refractivity (Wildman–Crippen MR) is 113 cm³/mol. The number of amides is 3. The van der Waals surface area contributed by atoms with Crippen LogP contribution in [0.2, 0.25) is 5.02 Å². The molecule has 3 amide bonds. The van der Waals surface area contributed by atoms with E-state index in [2.05, 4.69) is 10.6 Å². The first-order chi connectivity index (χ1) is 14.5. The van der Waals surface area contributed by atoms with Crippen LogP contribution in [0, 0.1) is 5.92 Å². The van der Waals surface area contributed by atoms with Crippen molar-refractivity contribution in [3.05, 3.63) is 65.2 Å². The van der Waals surface area contributed by atoms with Crippen molar-refractivity contribution in [1.29, 1.82) is 0 Å². The second kappa shape index (κ2) is 10.6. The first-order valence-electron chi connectivity index (χ1n) is 9.84. The summed E-state index contributed by atoms with van der Waals surface area (Å²) in [5, 5.41) is 5.77. The van der Waals surface area contributed by atoms with E-state index in [0.29, 0.717) is 30.4 Å². The van der Waals surface area contributed by atoms with Gasteiger partial charge in [0.2, 0.25) is 0 Å². The number of rotatable bonds is 5. The van der Waals surface area contributed by atoms with Gasteiger partial charge >= 0.3 is 17.9 Å². The van der Waals surface area contributed by atoms with Gasteiger partial charge in [0, 0.05) is 31.2 Å². The van der Waals surface area contributed by atoms with Crippen molar-refractivity contribution >= 4 is 29.5 Å². The molecule has 0 aromatic heterocycles. The molecule has 158 valence electrons. The average molecular weight is 430 g/mol. The van der Waals surface area contributed by atoms with E-state index in [4.69, 9.17) is 16.3 Å². The molecular formula is C22H24ClN3O4. The largest absolute Gasteiger partial charge is 0.415 e. The van der Waals surface area contributed by atoms with E-state index < -0.39 is 11.8 Å². The number of hydrogen-bond acceptors (Lipinski definition) is 4. The third-order valence-corrected chi connectivity index (χ3v) is 5.34. The number of likely N-dealkylation sites (tertiary alicyclic amines) is 1. The van der Waals surface area contributed by atoms with Crippen molar-refractivity contribution in [2.45, 2.75) is 19.4 Å². The number of halogens is 1. The molecule has 2 aromatic rings. The van der Waals surface area contributed by atoms with E-state index >= 15 is 0 Å². The van der Waals surface area contributed by atoms with Crippen molar-refractivity contribution in [1.82, 2.24) is 15.5 Å². The molecular weight excluding hydrogens is 406 g/mol. The second-order valence-corrected chi connectivity index (χ2v) is 7.50. The molecule has 2 aromatic carbocycles. The van der Waals surface area contributed by atoms with Gasteiger partial charge in [0.15, 0.2) is 0 Å². The van der Waals surface area contributed by atoms with Crippen molar-refractivity contribution in [2.24, 2.45) is 5.92 Å². The van der Waals surface area contributed by atoms with E-state index in [9.17, 15) is 14.4 Å². The molecule has 0 unspecified atom stereocenters. The predicted octanol–water partition coefficient (Wildman–Crippen LogP) is 2.98. The number of para-hydroxylation sites is 1. The fraction of sp³-hybridized carbons (Fsp3) is 0.318.